The maximum absolute atomic E-state index is 13.8. The summed E-state index contributed by atoms with van der Waals surface area (Å²) < 4.78 is 39.2. The molecule has 0 unspecified atom stereocenters. The Morgan fingerprint density at radius 2 is 2.27 bits per heavy atom. The highest BCUT2D eigenvalue weighted by atomic mass is 19.3. The second-order valence-corrected chi connectivity index (χ2v) is 6.20. The van der Waals surface area contributed by atoms with Crippen molar-refractivity contribution in [3.05, 3.63) is 35.7 Å². The summed E-state index contributed by atoms with van der Waals surface area (Å²) in [4.78, 5) is 16.4. The predicted octanol–water partition coefficient (Wildman–Crippen LogP) is 4.07. The van der Waals surface area contributed by atoms with Crippen LogP contribution in [0.1, 0.15) is 43.4 Å². The van der Waals surface area contributed by atoms with Crippen molar-refractivity contribution in [3.8, 4) is 11.5 Å². The SMILES string of the molecule is CCOC(=O)Cn1nc(C2CC2)c2c(C(F)F)cc(-c3ccco3)nc21. The highest BCUT2D eigenvalue weighted by molar-refractivity contribution is 5.87. The van der Waals surface area contributed by atoms with Crippen LogP contribution in [0, 0.1) is 0 Å². The molecule has 0 spiro atoms. The minimum atomic E-state index is -2.69. The summed E-state index contributed by atoms with van der Waals surface area (Å²) >= 11 is 0. The summed E-state index contributed by atoms with van der Waals surface area (Å²) in [6, 6.07) is 4.65. The minimum absolute atomic E-state index is 0.134. The van der Waals surface area contributed by atoms with E-state index < -0.39 is 12.4 Å². The van der Waals surface area contributed by atoms with E-state index in [0.29, 0.717) is 16.8 Å². The zero-order valence-electron chi connectivity index (χ0n) is 14.1. The van der Waals surface area contributed by atoms with Gasteiger partial charge in [-0.15, -0.1) is 0 Å². The molecule has 3 heterocycles. The summed E-state index contributed by atoms with van der Waals surface area (Å²) in [6.07, 6.45) is 0.559. The molecule has 0 atom stereocenters. The van der Waals surface area contributed by atoms with Crippen LogP contribution in [0.3, 0.4) is 0 Å². The average molecular weight is 361 g/mol. The molecule has 4 rings (SSSR count). The number of hydrogen-bond acceptors (Lipinski definition) is 5. The Morgan fingerprint density at radius 3 is 2.88 bits per heavy atom. The molecule has 0 radical (unpaired) electrons. The number of aromatic nitrogens is 3. The molecule has 26 heavy (non-hydrogen) atoms. The summed E-state index contributed by atoms with van der Waals surface area (Å²) in [7, 11) is 0. The van der Waals surface area contributed by atoms with Crippen LogP contribution < -0.4 is 0 Å². The normalized spacial score (nSPS) is 14.3. The third kappa shape index (κ3) is 2.95. The van der Waals surface area contributed by atoms with Crippen molar-refractivity contribution in [2.45, 2.75) is 38.7 Å². The molecule has 0 aliphatic heterocycles. The van der Waals surface area contributed by atoms with E-state index in [4.69, 9.17) is 9.15 Å². The van der Waals surface area contributed by atoms with E-state index in [2.05, 4.69) is 10.1 Å². The van der Waals surface area contributed by atoms with Crippen LogP contribution in [-0.4, -0.2) is 27.3 Å². The molecule has 0 bridgehead atoms. The van der Waals surface area contributed by atoms with Gasteiger partial charge < -0.3 is 9.15 Å². The third-order valence-corrected chi connectivity index (χ3v) is 4.32. The number of halogens is 2. The number of nitrogens with zero attached hydrogens (tertiary/aromatic N) is 3. The molecule has 3 aromatic rings. The fourth-order valence-corrected chi connectivity index (χ4v) is 3.03. The standard InChI is InChI=1S/C18H17F2N3O3/c1-2-25-14(24)9-23-18-15(16(22-23)10-5-6-10)11(17(19)20)8-12(21-18)13-4-3-7-26-13/h3-4,7-8,10,17H,2,5-6,9H2,1H3. The lowest BCUT2D eigenvalue weighted by atomic mass is 10.1. The summed E-state index contributed by atoms with van der Waals surface area (Å²) in [6.45, 7) is 1.77. The monoisotopic (exact) mass is 361 g/mol. The van der Waals surface area contributed by atoms with E-state index in [0.717, 1.165) is 12.8 Å². The van der Waals surface area contributed by atoms with E-state index in [1.807, 2.05) is 0 Å². The summed E-state index contributed by atoms with van der Waals surface area (Å²) in [5, 5.41) is 4.76. The highest BCUT2D eigenvalue weighted by Gasteiger charge is 2.33. The van der Waals surface area contributed by atoms with Gasteiger partial charge in [-0.2, -0.15) is 5.10 Å². The van der Waals surface area contributed by atoms with Gasteiger partial charge in [-0.1, -0.05) is 0 Å². The number of fused-ring (bicyclic) bond motifs is 1. The topological polar surface area (TPSA) is 70.2 Å². The van der Waals surface area contributed by atoms with Crippen molar-refractivity contribution in [3.63, 3.8) is 0 Å². The van der Waals surface area contributed by atoms with Crippen LogP contribution in [0.15, 0.2) is 28.9 Å². The molecule has 6 nitrogen and oxygen atoms in total. The first-order valence-electron chi connectivity index (χ1n) is 8.47. The fourth-order valence-electron chi connectivity index (χ4n) is 3.03. The maximum Gasteiger partial charge on any atom is 0.327 e. The zero-order chi connectivity index (χ0) is 18.3. The maximum atomic E-state index is 13.8. The van der Waals surface area contributed by atoms with E-state index in [-0.39, 0.29) is 36.0 Å². The molecular formula is C18H17F2N3O3. The first-order chi connectivity index (χ1) is 12.6. The second kappa shape index (κ2) is 6.51. The van der Waals surface area contributed by atoms with Gasteiger partial charge in [-0.3, -0.25) is 4.79 Å². The third-order valence-electron chi connectivity index (χ3n) is 4.32. The number of alkyl halides is 2. The van der Waals surface area contributed by atoms with Crippen LogP contribution in [0.4, 0.5) is 8.78 Å². The zero-order valence-corrected chi connectivity index (χ0v) is 14.1. The van der Waals surface area contributed by atoms with Crippen molar-refractivity contribution < 1.29 is 22.7 Å². The number of carbonyl (C=O) groups excluding carboxylic acids is 1. The number of furan rings is 1. The van der Waals surface area contributed by atoms with Gasteiger partial charge in [0.1, 0.15) is 12.2 Å². The summed E-state index contributed by atoms with van der Waals surface area (Å²) in [5.74, 6) is 0.0309. The Labute approximate surface area is 147 Å². The molecule has 8 heteroatoms. The highest BCUT2D eigenvalue weighted by Crippen LogP contribution is 2.45. The quantitative estimate of drug-likeness (QED) is 0.619. The van der Waals surface area contributed by atoms with Gasteiger partial charge in [0, 0.05) is 11.5 Å². The lowest BCUT2D eigenvalue weighted by Gasteiger charge is -2.07. The number of pyridine rings is 1. The molecule has 0 saturated heterocycles. The Hall–Kier alpha value is -2.77. The number of rotatable bonds is 6. The number of hydrogen-bond donors (Lipinski definition) is 0. The minimum Gasteiger partial charge on any atom is -0.465 e. The van der Waals surface area contributed by atoms with Gasteiger partial charge in [0.05, 0.1) is 24.0 Å². The Kier molecular flexibility index (Phi) is 4.18. The molecule has 1 fully saturated rings. The van der Waals surface area contributed by atoms with Crippen LogP contribution in [0.2, 0.25) is 0 Å². The lowest BCUT2D eigenvalue weighted by Crippen LogP contribution is -2.15. The molecule has 0 aromatic carbocycles. The molecule has 1 aliphatic rings. The Bertz CT molecular complexity index is 946. The average Bonchev–Trinajstić information content (AvgIpc) is 3.18. The van der Waals surface area contributed by atoms with E-state index in [9.17, 15) is 13.6 Å². The second-order valence-electron chi connectivity index (χ2n) is 6.20. The molecule has 0 N–H and O–H groups in total. The first-order valence-corrected chi connectivity index (χ1v) is 8.47. The van der Waals surface area contributed by atoms with Crippen molar-refractivity contribution in [1.29, 1.82) is 0 Å². The van der Waals surface area contributed by atoms with Gasteiger partial charge >= 0.3 is 5.97 Å². The fraction of sp³-hybridized carbons (Fsp3) is 0.389. The van der Waals surface area contributed by atoms with Gasteiger partial charge in [-0.25, -0.2) is 18.4 Å². The molecule has 0 amide bonds. The lowest BCUT2D eigenvalue weighted by molar-refractivity contribution is -0.143. The van der Waals surface area contributed by atoms with E-state index in [1.165, 1.54) is 17.0 Å². The number of esters is 1. The van der Waals surface area contributed by atoms with Crippen molar-refractivity contribution in [1.82, 2.24) is 14.8 Å². The van der Waals surface area contributed by atoms with Crippen LogP contribution in [-0.2, 0) is 16.1 Å². The van der Waals surface area contributed by atoms with Crippen LogP contribution >= 0.6 is 0 Å². The molecule has 1 saturated carbocycles. The Morgan fingerprint density at radius 1 is 1.46 bits per heavy atom. The Balaban J connectivity index is 1.92. The molecule has 3 aromatic heterocycles. The van der Waals surface area contributed by atoms with E-state index in [1.54, 1.807) is 19.1 Å². The summed E-state index contributed by atoms with van der Waals surface area (Å²) in [5.41, 5.74) is 0.978. The molecular weight excluding hydrogens is 344 g/mol. The first kappa shape index (κ1) is 16.7. The van der Waals surface area contributed by atoms with Gasteiger partial charge in [-0.05, 0) is 38.0 Å². The van der Waals surface area contributed by atoms with Crippen molar-refractivity contribution in [2.24, 2.45) is 0 Å². The molecule has 136 valence electrons. The van der Waals surface area contributed by atoms with Crippen molar-refractivity contribution in [2.75, 3.05) is 6.61 Å². The van der Waals surface area contributed by atoms with Crippen molar-refractivity contribution >= 4 is 17.0 Å². The van der Waals surface area contributed by atoms with Gasteiger partial charge in [0.2, 0.25) is 0 Å². The largest absolute Gasteiger partial charge is 0.465 e. The number of ether oxygens (including phenoxy) is 1. The van der Waals surface area contributed by atoms with Crippen LogP contribution in [0.25, 0.3) is 22.5 Å². The predicted molar refractivity (Wildman–Crippen MR) is 88.8 cm³/mol. The number of carbonyl (C=O) groups is 1. The van der Waals surface area contributed by atoms with Gasteiger partial charge in [0.25, 0.3) is 6.43 Å². The van der Waals surface area contributed by atoms with E-state index >= 15 is 0 Å². The molecule has 1 aliphatic carbocycles. The van der Waals surface area contributed by atoms with Gasteiger partial charge in [0.15, 0.2) is 11.4 Å². The smallest absolute Gasteiger partial charge is 0.327 e. The van der Waals surface area contributed by atoms with Crippen LogP contribution in [0.5, 0.6) is 0 Å².